The van der Waals surface area contributed by atoms with Crippen LogP contribution < -0.4 is 5.32 Å². The van der Waals surface area contributed by atoms with E-state index in [1.807, 2.05) is 0 Å². The van der Waals surface area contributed by atoms with Gasteiger partial charge in [0.2, 0.25) is 0 Å². The first-order valence-corrected chi connectivity index (χ1v) is 5.99. The van der Waals surface area contributed by atoms with E-state index in [4.69, 9.17) is 0 Å². The first kappa shape index (κ1) is 10.9. The van der Waals surface area contributed by atoms with E-state index in [0.717, 1.165) is 19.4 Å². The van der Waals surface area contributed by atoms with Crippen LogP contribution in [0.3, 0.4) is 0 Å². The smallest absolute Gasteiger partial charge is 0.303 e. The summed E-state index contributed by atoms with van der Waals surface area (Å²) in [6, 6.07) is -0.206. The summed E-state index contributed by atoms with van der Waals surface area (Å²) in [6.45, 7) is 4.98. The van der Waals surface area contributed by atoms with Gasteiger partial charge in [0.1, 0.15) is 0 Å². The molecule has 0 amide bonds. The summed E-state index contributed by atoms with van der Waals surface area (Å²) < 4.78 is 33.0. The molecule has 1 saturated heterocycles. The molecule has 0 aromatic heterocycles. The van der Waals surface area contributed by atoms with E-state index in [-0.39, 0.29) is 17.2 Å². The van der Waals surface area contributed by atoms with Crippen LogP contribution in [-0.4, -0.2) is 26.8 Å². The van der Waals surface area contributed by atoms with Gasteiger partial charge in [-0.05, 0) is 18.3 Å². The molecule has 3 nitrogen and oxygen atoms in total. The fraction of sp³-hybridized carbons (Fsp3) is 1.00. The maximum Gasteiger partial charge on any atom is 0.303 e. The van der Waals surface area contributed by atoms with Crippen LogP contribution in [0.1, 0.15) is 26.7 Å². The Morgan fingerprint density at radius 2 is 2.15 bits per heavy atom. The van der Waals surface area contributed by atoms with Crippen molar-refractivity contribution in [3.63, 3.8) is 0 Å². The van der Waals surface area contributed by atoms with Crippen LogP contribution in [0.15, 0.2) is 0 Å². The van der Waals surface area contributed by atoms with Gasteiger partial charge in [-0.2, -0.15) is 8.42 Å². The maximum atomic E-state index is 12.3. The minimum atomic E-state index is -4.32. The second kappa shape index (κ2) is 3.53. The van der Waals surface area contributed by atoms with Gasteiger partial charge in [-0.3, -0.25) is 0 Å². The number of rotatable bonds is 2. The Hall–Kier alpha value is -0.160. The highest BCUT2D eigenvalue weighted by molar-refractivity contribution is 7.86. The number of piperidine rings is 1. The van der Waals surface area contributed by atoms with Gasteiger partial charge in [0.15, 0.2) is 0 Å². The van der Waals surface area contributed by atoms with E-state index < -0.39 is 10.2 Å². The van der Waals surface area contributed by atoms with Gasteiger partial charge in [-0.1, -0.05) is 13.8 Å². The molecule has 13 heavy (non-hydrogen) atoms. The van der Waals surface area contributed by atoms with E-state index in [2.05, 4.69) is 19.2 Å². The molecule has 0 aromatic carbocycles. The molecule has 0 aromatic rings. The van der Waals surface area contributed by atoms with E-state index in [1.54, 1.807) is 0 Å². The summed E-state index contributed by atoms with van der Waals surface area (Å²) in [5, 5.41) is 3.05. The molecule has 0 spiro atoms. The highest BCUT2D eigenvalue weighted by Crippen LogP contribution is 2.26. The minimum Gasteiger partial charge on any atom is -0.312 e. The second-order valence-corrected chi connectivity index (χ2v) is 5.90. The Morgan fingerprint density at radius 3 is 2.54 bits per heavy atom. The third-order valence-corrected chi connectivity index (χ3v) is 3.24. The molecule has 1 heterocycles. The summed E-state index contributed by atoms with van der Waals surface area (Å²) in [4.78, 5) is 0. The lowest BCUT2D eigenvalue weighted by atomic mass is 9.83. The summed E-state index contributed by atoms with van der Waals surface area (Å²) >= 11 is 0. The van der Waals surface area contributed by atoms with Gasteiger partial charge >= 0.3 is 10.2 Å². The predicted octanol–water partition coefficient (Wildman–Crippen LogP) is 1.06. The number of hydrogen-bond acceptors (Lipinski definition) is 3. The van der Waals surface area contributed by atoms with Crippen molar-refractivity contribution in [1.29, 1.82) is 0 Å². The molecule has 0 radical (unpaired) electrons. The Balaban J connectivity index is 2.43. The molecule has 0 saturated carbocycles. The van der Waals surface area contributed by atoms with Crippen molar-refractivity contribution in [2.75, 3.05) is 12.3 Å². The number of halogens is 1. The van der Waals surface area contributed by atoms with Crippen molar-refractivity contribution >= 4 is 10.2 Å². The molecule has 5 heteroatoms. The first-order valence-electron chi connectivity index (χ1n) is 4.44. The maximum absolute atomic E-state index is 12.3. The third kappa shape index (κ3) is 4.04. The van der Waals surface area contributed by atoms with Crippen LogP contribution in [0.2, 0.25) is 0 Å². The third-order valence-electron chi connectivity index (χ3n) is 2.44. The monoisotopic (exact) mass is 209 g/mol. The van der Waals surface area contributed by atoms with Crippen LogP contribution in [-0.2, 0) is 10.2 Å². The molecule has 1 atom stereocenters. The highest BCUT2D eigenvalue weighted by atomic mass is 32.3. The van der Waals surface area contributed by atoms with Crippen molar-refractivity contribution in [1.82, 2.24) is 5.32 Å². The summed E-state index contributed by atoms with van der Waals surface area (Å²) in [5.74, 6) is -0.386. The van der Waals surface area contributed by atoms with Crippen molar-refractivity contribution < 1.29 is 12.3 Å². The Kier molecular flexibility index (Phi) is 2.97. The normalized spacial score (nSPS) is 28.7. The van der Waals surface area contributed by atoms with Crippen molar-refractivity contribution in [3.8, 4) is 0 Å². The largest absolute Gasteiger partial charge is 0.312 e. The first-order chi connectivity index (χ1) is 5.79. The van der Waals surface area contributed by atoms with Gasteiger partial charge < -0.3 is 5.32 Å². The fourth-order valence-corrected chi connectivity index (χ4v) is 2.32. The zero-order chi connectivity index (χ0) is 10.1. The second-order valence-electron chi connectivity index (χ2n) is 4.49. The molecular weight excluding hydrogens is 193 g/mol. The predicted molar refractivity (Wildman–Crippen MR) is 49.7 cm³/mol. The summed E-state index contributed by atoms with van der Waals surface area (Å²) in [6.07, 6.45) is 1.68. The van der Waals surface area contributed by atoms with Crippen LogP contribution in [0.5, 0.6) is 0 Å². The van der Waals surface area contributed by atoms with Crippen LogP contribution in [0, 0.1) is 5.41 Å². The van der Waals surface area contributed by atoms with E-state index in [9.17, 15) is 12.3 Å². The molecular formula is C8H16FNO2S. The van der Waals surface area contributed by atoms with Gasteiger partial charge in [0.25, 0.3) is 0 Å². The standard InChI is InChI=1S/C8H16FNO2S/c1-8(2)4-3-7(10-6-8)5-13(9,11)12/h7,10H,3-6H2,1-2H3. The lowest BCUT2D eigenvalue weighted by Gasteiger charge is -2.34. The number of hydrogen-bond donors (Lipinski definition) is 1. The van der Waals surface area contributed by atoms with E-state index in [0.29, 0.717) is 0 Å². The zero-order valence-corrected chi connectivity index (χ0v) is 8.82. The minimum absolute atomic E-state index is 0.205. The Labute approximate surface area is 78.9 Å². The van der Waals surface area contributed by atoms with Gasteiger partial charge in [-0.15, -0.1) is 3.89 Å². The van der Waals surface area contributed by atoms with Gasteiger partial charge in [0.05, 0.1) is 5.75 Å². The Morgan fingerprint density at radius 1 is 1.54 bits per heavy atom. The highest BCUT2D eigenvalue weighted by Gasteiger charge is 2.28. The molecule has 1 N–H and O–H groups in total. The van der Waals surface area contributed by atoms with Crippen LogP contribution in [0.4, 0.5) is 3.89 Å². The van der Waals surface area contributed by atoms with E-state index >= 15 is 0 Å². The molecule has 1 unspecified atom stereocenters. The van der Waals surface area contributed by atoms with Gasteiger partial charge in [0, 0.05) is 12.6 Å². The van der Waals surface area contributed by atoms with Crippen molar-refractivity contribution in [2.45, 2.75) is 32.7 Å². The van der Waals surface area contributed by atoms with Crippen LogP contribution in [0.25, 0.3) is 0 Å². The molecule has 1 rings (SSSR count). The molecule has 1 aliphatic rings. The lowest BCUT2D eigenvalue weighted by Crippen LogP contribution is -2.45. The fourth-order valence-electron chi connectivity index (χ4n) is 1.56. The molecule has 78 valence electrons. The van der Waals surface area contributed by atoms with Crippen molar-refractivity contribution in [2.24, 2.45) is 5.41 Å². The summed E-state index contributed by atoms with van der Waals surface area (Å²) in [5.41, 5.74) is 0.205. The average Bonchev–Trinajstić information content (AvgIpc) is 1.91. The average molecular weight is 209 g/mol. The number of nitrogens with one attached hydrogen (secondary N) is 1. The topological polar surface area (TPSA) is 46.2 Å². The molecule has 0 aliphatic carbocycles. The van der Waals surface area contributed by atoms with Gasteiger partial charge in [-0.25, -0.2) is 0 Å². The Bertz CT molecular complexity index is 264. The zero-order valence-electron chi connectivity index (χ0n) is 8.01. The van der Waals surface area contributed by atoms with E-state index in [1.165, 1.54) is 0 Å². The molecule has 0 bridgehead atoms. The summed E-state index contributed by atoms with van der Waals surface area (Å²) in [7, 11) is -4.32. The quantitative estimate of drug-likeness (QED) is 0.692. The van der Waals surface area contributed by atoms with Crippen molar-refractivity contribution in [3.05, 3.63) is 0 Å². The van der Waals surface area contributed by atoms with Crippen LogP contribution >= 0.6 is 0 Å². The molecule has 1 aliphatic heterocycles. The molecule has 1 fully saturated rings. The lowest BCUT2D eigenvalue weighted by molar-refractivity contribution is 0.230. The SMILES string of the molecule is CC1(C)CCC(CS(=O)(=O)F)NC1.